The third kappa shape index (κ3) is 2.77. The van der Waals surface area contributed by atoms with Gasteiger partial charge in [0.15, 0.2) is 11.5 Å². The van der Waals surface area contributed by atoms with Crippen LogP contribution in [0.2, 0.25) is 0 Å². The van der Waals surface area contributed by atoms with E-state index >= 15 is 0 Å². The third-order valence-corrected chi connectivity index (χ3v) is 3.58. The van der Waals surface area contributed by atoms with E-state index in [0.29, 0.717) is 17.2 Å². The van der Waals surface area contributed by atoms with E-state index in [1.807, 2.05) is 51.1 Å². The highest BCUT2D eigenvalue weighted by Gasteiger charge is 2.29. The van der Waals surface area contributed by atoms with E-state index in [4.69, 9.17) is 14.2 Å². The lowest BCUT2D eigenvalue weighted by Gasteiger charge is -2.25. The van der Waals surface area contributed by atoms with Gasteiger partial charge in [0.05, 0.1) is 0 Å². The van der Waals surface area contributed by atoms with Crippen LogP contribution in [0.1, 0.15) is 16.7 Å². The fourth-order valence-electron chi connectivity index (χ4n) is 2.63. The molecule has 2 aromatic carbocycles. The summed E-state index contributed by atoms with van der Waals surface area (Å²) in [5, 5.41) is 0. The van der Waals surface area contributed by atoms with Gasteiger partial charge in [0.1, 0.15) is 12.4 Å². The molecule has 0 spiro atoms. The van der Waals surface area contributed by atoms with Gasteiger partial charge in [-0.15, -0.1) is 0 Å². The summed E-state index contributed by atoms with van der Waals surface area (Å²) < 4.78 is 16.8. The minimum Gasteiger partial charge on any atom is -0.485 e. The minimum absolute atomic E-state index is 0.153. The highest BCUT2D eigenvalue weighted by molar-refractivity contribution is 5.79. The van der Waals surface area contributed by atoms with Crippen molar-refractivity contribution in [1.29, 1.82) is 0 Å². The highest BCUT2D eigenvalue weighted by Crippen LogP contribution is 2.32. The SMILES string of the molecule is Cc1cc(C)c(OC(=O)[C@@H]2COc3ccccc3O2)c(C)c1. The first-order chi connectivity index (χ1) is 10.5. The Morgan fingerprint density at radius 1 is 1.09 bits per heavy atom. The third-order valence-electron chi connectivity index (χ3n) is 3.58. The van der Waals surface area contributed by atoms with Crippen molar-refractivity contribution in [2.24, 2.45) is 0 Å². The summed E-state index contributed by atoms with van der Waals surface area (Å²) in [5.74, 6) is 1.37. The molecule has 1 aliphatic rings. The predicted molar refractivity (Wildman–Crippen MR) is 82.6 cm³/mol. The summed E-state index contributed by atoms with van der Waals surface area (Å²) >= 11 is 0. The lowest BCUT2D eigenvalue weighted by molar-refractivity contribution is -0.144. The van der Waals surface area contributed by atoms with Crippen LogP contribution >= 0.6 is 0 Å². The Balaban J connectivity index is 1.77. The Kier molecular flexibility index (Phi) is 3.75. The van der Waals surface area contributed by atoms with Gasteiger partial charge in [-0.3, -0.25) is 0 Å². The van der Waals surface area contributed by atoms with E-state index in [1.165, 1.54) is 0 Å². The van der Waals surface area contributed by atoms with Crippen LogP contribution in [0, 0.1) is 20.8 Å². The summed E-state index contributed by atoms with van der Waals surface area (Å²) in [4.78, 5) is 12.3. The first-order valence-electron chi connectivity index (χ1n) is 7.22. The topological polar surface area (TPSA) is 44.8 Å². The molecule has 0 aromatic heterocycles. The summed E-state index contributed by atoms with van der Waals surface area (Å²) in [6.07, 6.45) is -0.755. The normalized spacial score (nSPS) is 16.2. The lowest BCUT2D eigenvalue weighted by Crippen LogP contribution is -2.39. The zero-order valence-corrected chi connectivity index (χ0v) is 12.9. The Bertz CT molecular complexity index is 698. The highest BCUT2D eigenvalue weighted by atomic mass is 16.6. The van der Waals surface area contributed by atoms with Crippen LogP contribution in [0.25, 0.3) is 0 Å². The maximum atomic E-state index is 12.3. The number of aryl methyl sites for hydroxylation is 3. The molecule has 0 saturated heterocycles. The molecule has 1 aliphatic heterocycles. The number of fused-ring (bicyclic) bond motifs is 1. The zero-order chi connectivity index (χ0) is 15.7. The molecule has 1 atom stereocenters. The molecule has 22 heavy (non-hydrogen) atoms. The molecule has 0 N–H and O–H groups in total. The number of para-hydroxylation sites is 2. The second-order valence-electron chi connectivity index (χ2n) is 5.51. The van der Waals surface area contributed by atoms with Gasteiger partial charge in [0.25, 0.3) is 0 Å². The quantitative estimate of drug-likeness (QED) is 0.630. The first kappa shape index (κ1) is 14.4. The largest absolute Gasteiger partial charge is 0.485 e. The molecule has 0 saturated carbocycles. The van der Waals surface area contributed by atoms with Crippen LogP contribution in [0.5, 0.6) is 17.2 Å². The van der Waals surface area contributed by atoms with E-state index in [-0.39, 0.29) is 6.61 Å². The number of rotatable bonds is 2. The average molecular weight is 298 g/mol. The summed E-state index contributed by atoms with van der Waals surface area (Å²) in [7, 11) is 0. The fraction of sp³-hybridized carbons (Fsp3) is 0.278. The molecule has 4 nitrogen and oxygen atoms in total. The first-order valence-corrected chi connectivity index (χ1v) is 7.22. The monoisotopic (exact) mass is 298 g/mol. The molecule has 0 unspecified atom stereocenters. The summed E-state index contributed by atoms with van der Waals surface area (Å²) in [5.41, 5.74) is 3.01. The van der Waals surface area contributed by atoms with Gasteiger partial charge >= 0.3 is 5.97 Å². The number of carbonyl (C=O) groups is 1. The summed E-state index contributed by atoms with van der Waals surface area (Å²) in [6.45, 7) is 6.02. The van der Waals surface area contributed by atoms with E-state index < -0.39 is 12.1 Å². The molecule has 0 bridgehead atoms. The summed E-state index contributed by atoms with van der Waals surface area (Å²) in [6, 6.07) is 11.3. The molecule has 0 amide bonds. The molecule has 0 radical (unpaired) electrons. The Hall–Kier alpha value is -2.49. The average Bonchev–Trinajstić information content (AvgIpc) is 2.50. The van der Waals surface area contributed by atoms with Crippen molar-refractivity contribution in [3.63, 3.8) is 0 Å². The zero-order valence-electron chi connectivity index (χ0n) is 12.9. The van der Waals surface area contributed by atoms with Crippen molar-refractivity contribution in [2.45, 2.75) is 26.9 Å². The van der Waals surface area contributed by atoms with Crippen LogP contribution < -0.4 is 14.2 Å². The maximum absolute atomic E-state index is 12.3. The van der Waals surface area contributed by atoms with Gasteiger partial charge in [-0.1, -0.05) is 29.8 Å². The second kappa shape index (κ2) is 5.72. The van der Waals surface area contributed by atoms with Gasteiger partial charge in [-0.25, -0.2) is 4.79 Å². The minimum atomic E-state index is -0.755. The molecule has 0 fully saturated rings. The van der Waals surface area contributed by atoms with Gasteiger partial charge < -0.3 is 14.2 Å². The number of hydrogen-bond donors (Lipinski definition) is 0. The predicted octanol–water partition coefficient (Wildman–Crippen LogP) is 3.36. The number of hydrogen-bond acceptors (Lipinski definition) is 4. The van der Waals surface area contributed by atoms with Gasteiger partial charge in [-0.05, 0) is 44.0 Å². The Labute approximate surface area is 129 Å². The number of carbonyl (C=O) groups excluding carboxylic acids is 1. The van der Waals surface area contributed by atoms with Crippen LogP contribution in [-0.4, -0.2) is 18.7 Å². The van der Waals surface area contributed by atoms with Crippen molar-refractivity contribution >= 4 is 5.97 Å². The molecule has 0 aliphatic carbocycles. The Morgan fingerprint density at radius 2 is 1.73 bits per heavy atom. The van der Waals surface area contributed by atoms with Crippen LogP contribution in [0.3, 0.4) is 0 Å². The van der Waals surface area contributed by atoms with Crippen LogP contribution in [0.4, 0.5) is 0 Å². The van der Waals surface area contributed by atoms with Crippen molar-refractivity contribution in [3.8, 4) is 17.2 Å². The molecule has 2 aromatic rings. The van der Waals surface area contributed by atoms with Gasteiger partial charge in [0, 0.05) is 0 Å². The Morgan fingerprint density at radius 3 is 2.41 bits per heavy atom. The number of ether oxygens (including phenoxy) is 3. The van der Waals surface area contributed by atoms with E-state index in [9.17, 15) is 4.79 Å². The molecular weight excluding hydrogens is 280 g/mol. The molecule has 4 heteroatoms. The van der Waals surface area contributed by atoms with E-state index in [0.717, 1.165) is 16.7 Å². The van der Waals surface area contributed by atoms with Crippen molar-refractivity contribution in [1.82, 2.24) is 0 Å². The maximum Gasteiger partial charge on any atom is 0.356 e. The smallest absolute Gasteiger partial charge is 0.356 e. The van der Waals surface area contributed by atoms with E-state index in [2.05, 4.69) is 0 Å². The molecule has 1 heterocycles. The standard InChI is InChI=1S/C18H18O4/c1-11-8-12(2)17(13(3)9-11)22-18(19)16-10-20-14-6-4-5-7-15(14)21-16/h4-9,16H,10H2,1-3H3/t16-/m0/s1. The molecule has 114 valence electrons. The second-order valence-corrected chi connectivity index (χ2v) is 5.51. The lowest BCUT2D eigenvalue weighted by atomic mass is 10.1. The molecule has 3 rings (SSSR count). The number of esters is 1. The molecular formula is C18H18O4. The van der Waals surface area contributed by atoms with Crippen molar-refractivity contribution < 1.29 is 19.0 Å². The van der Waals surface area contributed by atoms with Crippen LogP contribution in [-0.2, 0) is 4.79 Å². The van der Waals surface area contributed by atoms with Crippen molar-refractivity contribution in [3.05, 3.63) is 53.1 Å². The van der Waals surface area contributed by atoms with Crippen LogP contribution in [0.15, 0.2) is 36.4 Å². The van der Waals surface area contributed by atoms with E-state index in [1.54, 1.807) is 6.07 Å². The number of benzene rings is 2. The van der Waals surface area contributed by atoms with Gasteiger partial charge in [0.2, 0.25) is 6.10 Å². The van der Waals surface area contributed by atoms with Crippen molar-refractivity contribution in [2.75, 3.05) is 6.61 Å². The fourth-order valence-corrected chi connectivity index (χ4v) is 2.63. The van der Waals surface area contributed by atoms with Gasteiger partial charge in [-0.2, -0.15) is 0 Å².